The number of amides is 2. The van der Waals surface area contributed by atoms with Crippen LogP contribution in [0.4, 0.5) is 0 Å². The first-order valence-corrected chi connectivity index (χ1v) is 9.72. The van der Waals surface area contributed by atoms with Gasteiger partial charge in [-0.1, -0.05) is 54.6 Å². The van der Waals surface area contributed by atoms with Gasteiger partial charge in [-0.25, -0.2) is 0 Å². The highest BCUT2D eigenvalue weighted by Gasteiger charge is 2.52. The smallest absolute Gasteiger partial charge is 0.246 e. The van der Waals surface area contributed by atoms with E-state index in [0.717, 1.165) is 35.1 Å². The molecular formula is C24H23N3O2. The molecule has 1 aliphatic rings. The standard InChI is InChI=1S/C24H23N3O2/c1-25-22(28)21(18-6-3-2-4-7-18)27-23(29)24(12-13-24)20-9-5-8-19(16-20)17-10-14-26-15-11-17/h2-11,14-16,21H,12-13H2,1H3,(H,25,28)(H,27,29). The normalized spacial score (nSPS) is 15.2. The first-order valence-electron chi connectivity index (χ1n) is 9.72. The number of hydrogen-bond acceptors (Lipinski definition) is 3. The average molecular weight is 385 g/mol. The number of rotatable bonds is 6. The molecule has 0 bridgehead atoms. The van der Waals surface area contributed by atoms with Crippen molar-refractivity contribution in [2.75, 3.05) is 7.05 Å². The lowest BCUT2D eigenvalue weighted by Gasteiger charge is -2.22. The van der Waals surface area contributed by atoms with Crippen LogP contribution in [0.15, 0.2) is 79.1 Å². The van der Waals surface area contributed by atoms with Crippen molar-refractivity contribution in [2.45, 2.75) is 24.3 Å². The number of nitrogens with one attached hydrogen (secondary N) is 2. The van der Waals surface area contributed by atoms with E-state index in [2.05, 4.69) is 21.7 Å². The van der Waals surface area contributed by atoms with Crippen molar-refractivity contribution in [3.63, 3.8) is 0 Å². The zero-order valence-corrected chi connectivity index (χ0v) is 16.3. The second kappa shape index (κ2) is 7.87. The monoisotopic (exact) mass is 385 g/mol. The molecule has 1 heterocycles. The fraction of sp³-hybridized carbons (Fsp3) is 0.208. The lowest BCUT2D eigenvalue weighted by Crippen LogP contribution is -2.43. The zero-order valence-electron chi connectivity index (χ0n) is 16.3. The van der Waals surface area contributed by atoms with Crippen LogP contribution in [0.3, 0.4) is 0 Å². The van der Waals surface area contributed by atoms with Crippen LogP contribution < -0.4 is 10.6 Å². The summed E-state index contributed by atoms with van der Waals surface area (Å²) in [4.78, 5) is 29.8. The summed E-state index contributed by atoms with van der Waals surface area (Å²) in [5, 5.41) is 5.64. The maximum absolute atomic E-state index is 13.3. The quantitative estimate of drug-likeness (QED) is 0.683. The minimum atomic E-state index is -0.713. The summed E-state index contributed by atoms with van der Waals surface area (Å²) in [6, 6.07) is 20.6. The van der Waals surface area contributed by atoms with Crippen molar-refractivity contribution in [1.29, 1.82) is 0 Å². The summed E-state index contributed by atoms with van der Waals surface area (Å²) in [5.41, 5.74) is 3.28. The van der Waals surface area contributed by atoms with Gasteiger partial charge in [-0.05, 0) is 47.2 Å². The van der Waals surface area contributed by atoms with E-state index in [-0.39, 0.29) is 11.8 Å². The molecule has 0 aliphatic heterocycles. The number of hydrogen-bond donors (Lipinski definition) is 2. The van der Waals surface area contributed by atoms with Gasteiger partial charge in [0.1, 0.15) is 6.04 Å². The summed E-state index contributed by atoms with van der Waals surface area (Å²) in [6.45, 7) is 0. The van der Waals surface area contributed by atoms with Gasteiger partial charge in [0.05, 0.1) is 5.41 Å². The van der Waals surface area contributed by atoms with Crippen LogP contribution in [0.1, 0.15) is 30.0 Å². The van der Waals surface area contributed by atoms with Gasteiger partial charge in [0.25, 0.3) is 0 Å². The van der Waals surface area contributed by atoms with Crippen LogP contribution >= 0.6 is 0 Å². The molecule has 0 radical (unpaired) electrons. The fourth-order valence-electron chi connectivity index (χ4n) is 3.67. The molecule has 29 heavy (non-hydrogen) atoms. The van der Waals surface area contributed by atoms with E-state index in [1.54, 1.807) is 19.4 Å². The van der Waals surface area contributed by atoms with Crippen LogP contribution in [-0.4, -0.2) is 23.8 Å². The third-order valence-electron chi connectivity index (χ3n) is 5.53. The van der Waals surface area contributed by atoms with Gasteiger partial charge in [-0.3, -0.25) is 14.6 Å². The average Bonchev–Trinajstić information content (AvgIpc) is 3.60. The van der Waals surface area contributed by atoms with Crippen molar-refractivity contribution in [1.82, 2.24) is 15.6 Å². The summed E-state index contributed by atoms with van der Waals surface area (Å²) >= 11 is 0. The second-order valence-electron chi connectivity index (χ2n) is 7.33. The molecule has 2 N–H and O–H groups in total. The summed E-state index contributed by atoms with van der Waals surface area (Å²) in [7, 11) is 1.58. The maximum atomic E-state index is 13.3. The lowest BCUT2D eigenvalue weighted by molar-refractivity contribution is -0.130. The summed E-state index contributed by atoms with van der Waals surface area (Å²) < 4.78 is 0. The predicted molar refractivity (Wildman–Crippen MR) is 112 cm³/mol. The van der Waals surface area contributed by atoms with Crippen molar-refractivity contribution < 1.29 is 9.59 Å². The van der Waals surface area contributed by atoms with Gasteiger partial charge in [0.15, 0.2) is 0 Å². The number of likely N-dealkylation sites (N-methyl/N-ethyl adjacent to an activating group) is 1. The van der Waals surface area contributed by atoms with Crippen molar-refractivity contribution >= 4 is 11.8 Å². The minimum Gasteiger partial charge on any atom is -0.357 e. The molecule has 4 rings (SSSR count). The Kier molecular flexibility index (Phi) is 5.12. The molecule has 5 heteroatoms. The number of nitrogens with zero attached hydrogens (tertiary/aromatic N) is 1. The Hall–Kier alpha value is -3.47. The molecule has 5 nitrogen and oxygen atoms in total. The van der Waals surface area contributed by atoms with E-state index in [0.29, 0.717) is 0 Å². The molecule has 0 spiro atoms. The molecule has 0 saturated heterocycles. The van der Waals surface area contributed by atoms with E-state index in [1.807, 2.05) is 60.7 Å². The highest BCUT2D eigenvalue weighted by atomic mass is 16.2. The number of carbonyl (C=O) groups is 2. The van der Waals surface area contributed by atoms with Crippen molar-refractivity contribution in [2.24, 2.45) is 0 Å². The van der Waals surface area contributed by atoms with E-state index < -0.39 is 11.5 Å². The molecule has 3 aromatic rings. The number of benzene rings is 2. The van der Waals surface area contributed by atoms with Gasteiger partial charge < -0.3 is 10.6 Å². The highest BCUT2D eigenvalue weighted by Crippen LogP contribution is 2.49. The Labute approximate surface area is 170 Å². The van der Waals surface area contributed by atoms with Crippen LogP contribution in [0.5, 0.6) is 0 Å². The Morgan fingerprint density at radius 2 is 1.66 bits per heavy atom. The van der Waals surface area contributed by atoms with Gasteiger partial charge in [0, 0.05) is 19.4 Å². The molecule has 146 valence electrons. The fourth-order valence-corrected chi connectivity index (χ4v) is 3.67. The molecule has 1 fully saturated rings. The molecule has 1 aliphatic carbocycles. The molecule has 2 aromatic carbocycles. The van der Waals surface area contributed by atoms with Gasteiger partial charge in [-0.2, -0.15) is 0 Å². The third kappa shape index (κ3) is 3.76. The molecule has 1 atom stereocenters. The van der Waals surface area contributed by atoms with E-state index in [1.165, 1.54) is 0 Å². The van der Waals surface area contributed by atoms with Crippen LogP contribution in [0, 0.1) is 0 Å². The Bertz CT molecular complexity index is 1010. The molecular weight excluding hydrogens is 362 g/mol. The molecule has 1 unspecified atom stereocenters. The Morgan fingerprint density at radius 1 is 0.931 bits per heavy atom. The van der Waals surface area contributed by atoms with Gasteiger partial charge >= 0.3 is 0 Å². The first kappa shape index (κ1) is 18.9. The Balaban J connectivity index is 1.61. The van der Waals surface area contributed by atoms with Crippen LogP contribution in [0.25, 0.3) is 11.1 Å². The Morgan fingerprint density at radius 3 is 2.31 bits per heavy atom. The van der Waals surface area contributed by atoms with Crippen LogP contribution in [0.2, 0.25) is 0 Å². The van der Waals surface area contributed by atoms with E-state index in [9.17, 15) is 9.59 Å². The summed E-state index contributed by atoms with van der Waals surface area (Å²) in [5.74, 6) is -0.340. The second-order valence-corrected chi connectivity index (χ2v) is 7.33. The number of aromatic nitrogens is 1. The first-order chi connectivity index (χ1) is 14.1. The van der Waals surface area contributed by atoms with E-state index in [4.69, 9.17) is 0 Å². The molecule has 2 amide bonds. The van der Waals surface area contributed by atoms with Gasteiger partial charge in [0.2, 0.25) is 11.8 Å². The summed E-state index contributed by atoms with van der Waals surface area (Å²) in [6.07, 6.45) is 5.06. The SMILES string of the molecule is CNC(=O)C(NC(=O)C1(c2cccc(-c3ccncc3)c2)CC1)c1ccccc1. The predicted octanol–water partition coefficient (Wildman–Crippen LogP) is 3.38. The largest absolute Gasteiger partial charge is 0.357 e. The molecule has 1 aromatic heterocycles. The number of pyridine rings is 1. The topological polar surface area (TPSA) is 71.1 Å². The highest BCUT2D eigenvalue weighted by molar-refractivity contribution is 5.95. The maximum Gasteiger partial charge on any atom is 0.246 e. The molecule has 1 saturated carbocycles. The number of carbonyl (C=O) groups excluding carboxylic acids is 2. The van der Waals surface area contributed by atoms with Crippen molar-refractivity contribution in [3.05, 3.63) is 90.3 Å². The lowest BCUT2D eigenvalue weighted by atomic mass is 9.91. The third-order valence-corrected chi connectivity index (χ3v) is 5.53. The van der Waals surface area contributed by atoms with Crippen molar-refractivity contribution in [3.8, 4) is 11.1 Å². The van der Waals surface area contributed by atoms with Crippen LogP contribution in [-0.2, 0) is 15.0 Å². The zero-order chi connectivity index (χ0) is 20.3. The van der Waals surface area contributed by atoms with Gasteiger partial charge in [-0.15, -0.1) is 0 Å². The van der Waals surface area contributed by atoms with E-state index >= 15 is 0 Å². The minimum absolute atomic E-state index is 0.109.